The highest BCUT2D eigenvalue weighted by molar-refractivity contribution is 7.13. The van der Waals surface area contributed by atoms with Crippen molar-refractivity contribution in [2.75, 3.05) is 23.1 Å². The smallest absolute Gasteiger partial charge is 0.230 e. The number of ether oxygens (including phenoxy) is 1. The maximum atomic E-state index is 12.2. The molecule has 132 valence electrons. The van der Waals surface area contributed by atoms with Gasteiger partial charge in [0.2, 0.25) is 17.7 Å². The lowest BCUT2D eigenvalue weighted by Gasteiger charge is -2.12. The molecule has 0 aliphatic rings. The minimum Gasteiger partial charge on any atom is -0.495 e. The van der Waals surface area contributed by atoms with Crippen molar-refractivity contribution in [3.8, 4) is 5.75 Å². The molecule has 0 saturated heterocycles. The highest BCUT2D eigenvalue weighted by atomic mass is 32.1. The van der Waals surface area contributed by atoms with E-state index in [9.17, 15) is 14.4 Å². The van der Waals surface area contributed by atoms with E-state index in [1.54, 1.807) is 23.6 Å². The van der Waals surface area contributed by atoms with Gasteiger partial charge in [-0.2, -0.15) is 0 Å². The summed E-state index contributed by atoms with van der Waals surface area (Å²) >= 11 is 1.25. The lowest BCUT2D eigenvalue weighted by atomic mass is 10.2. The predicted octanol–water partition coefficient (Wildman–Crippen LogP) is 2.25. The summed E-state index contributed by atoms with van der Waals surface area (Å²) in [6, 6.07) is 4.94. The minimum atomic E-state index is -0.294. The number of nitrogens with zero attached hydrogens (tertiary/aromatic N) is 1. The topological polar surface area (TPSA) is 109 Å². The Morgan fingerprint density at radius 3 is 2.48 bits per heavy atom. The van der Waals surface area contributed by atoms with Crippen LogP contribution >= 0.6 is 11.3 Å². The highest BCUT2D eigenvalue weighted by Gasteiger charge is 2.12. The van der Waals surface area contributed by atoms with Gasteiger partial charge in [0.25, 0.3) is 0 Å². The fourth-order valence-electron chi connectivity index (χ4n) is 2.04. The van der Waals surface area contributed by atoms with Gasteiger partial charge >= 0.3 is 0 Å². The molecule has 2 rings (SSSR count). The summed E-state index contributed by atoms with van der Waals surface area (Å²) < 4.78 is 5.22. The number of hydrogen-bond acceptors (Lipinski definition) is 6. The van der Waals surface area contributed by atoms with Gasteiger partial charge in [0.1, 0.15) is 5.75 Å². The Balaban J connectivity index is 2.07. The zero-order valence-electron chi connectivity index (χ0n) is 14.0. The molecule has 0 atom stereocenters. The van der Waals surface area contributed by atoms with Gasteiger partial charge in [-0.25, -0.2) is 4.98 Å². The van der Waals surface area contributed by atoms with Crippen molar-refractivity contribution in [3.05, 3.63) is 29.3 Å². The van der Waals surface area contributed by atoms with E-state index < -0.39 is 0 Å². The lowest BCUT2D eigenvalue weighted by molar-refractivity contribution is -0.116. The number of hydrogen-bond donors (Lipinski definition) is 3. The number of anilines is 3. The molecular formula is C16H18N4O4S. The van der Waals surface area contributed by atoms with Crippen molar-refractivity contribution in [2.24, 2.45) is 0 Å². The second-order valence-electron chi connectivity index (χ2n) is 5.15. The van der Waals surface area contributed by atoms with Crippen molar-refractivity contribution in [2.45, 2.75) is 20.3 Å². The maximum absolute atomic E-state index is 12.2. The third kappa shape index (κ3) is 5.57. The van der Waals surface area contributed by atoms with Crippen molar-refractivity contribution < 1.29 is 19.1 Å². The highest BCUT2D eigenvalue weighted by Crippen LogP contribution is 2.28. The van der Waals surface area contributed by atoms with Crippen LogP contribution in [0.1, 0.15) is 19.5 Å². The first-order valence-electron chi connectivity index (χ1n) is 7.35. The van der Waals surface area contributed by atoms with Gasteiger partial charge in [-0.05, 0) is 18.2 Å². The number of carbonyl (C=O) groups excluding carboxylic acids is 3. The maximum Gasteiger partial charge on any atom is 0.230 e. The Morgan fingerprint density at radius 2 is 1.84 bits per heavy atom. The lowest BCUT2D eigenvalue weighted by Crippen LogP contribution is -2.16. The molecule has 0 fully saturated rings. The molecule has 3 amide bonds. The Hall–Kier alpha value is -2.94. The van der Waals surface area contributed by atoms with E-state index in [0.29, 0.717) is 27.9 Å². The molecule has 0 radical (unpaired) electrons. The van der Waals surface area contributed by atoms with Crippen LogP contribution in [-0.4, -0.2) is 29.8 Å². The molecule has 0 bridgehead atoms. The molecule has 8 nitrogen and oxygen atoms in total. The molecule has 0 saturated carbocycles. The van der Waals surface area contributed by atoms with Crippen molar-refractivity contribution in [1.82, 2.24) is 4.98 Å². The fourth-order valence-corrected chi connectivity index (χ4v) is 2.80. The molecule has 0 spiro atoms. The van der Waals surface area contributed by atoms with E-state index in [2.05, 4.69) is 20.9 Å². The van der Waals surface area contributed by atoms with Crippen LogP contribution in [0.25, 0.3) is 0 Å². The molecule has 25 heavy (non-hydrogen) atoms. The second kappa shape index (κ2) is 8.25. The SMILES string of the molecule is COc1ccc(NC(C)=O)cc1NC(=O)Cc1csc(NC(C)=O)n1. The normalized spacial score (nSPS) is 10.0. The molecule has 1 aromatic heterocycles. The number of carbonyl (C=O) groups is 3. The molecule has 0 aliphatic carbocycles. The number of amides is 3. The number of aromatic nitrogens is 1. The van der Waals surface area contributed by atoms with Crippen molar-refractivity contribution >= 4 is 45.6 Å². The third-order valence-electron chi connectivity index (χ3n) is 2.97. The summed E-state index contributed by atoms with van der Waals surface area (Å²) in [6.07, 6.45) is 0.0452. The summed E-state index contributed by atoms with van der Waals surface area (Å²) in [5.74, 6) is -0.252. The minimum absolute atomic E-state index is 0.0452. The van der Waals surface area contributed by atoms with Crippen LogP contribution in [0.15, 0.2) is 23.6 Å². The Kier molecular flexibility index (Phi) is 6.07. The van der Waals surface area contributed by atoms with Crippen LogP contribution in [0, 0.1) is 0 Å². The van der Waals surface area contributed by atoms with E-state index in [-0.39, 0.29) is 24.1 Å². The van der Waals surface area contributed by atoms with Gasteiger partial charge in [0.15, 0.2) is 5.13 Å². The largest absolute Gasteiger partial charge is 0.495 e. The summed E-state index contributed by atoms with van der Waals surface area (Å²) in [5, 5.41) is 10.1. The van der Waals surface area contributed by atoms with Gasteiger partial charge < -0.3 is 20.7 Å². The first-order valence-corrected chi connectivity index (χ1v) is 8.23. The van der Waals surface area contributed by atoms with Gasteiger partial charge in [-0.1, -0.05) is 0 Å². The number of rotatable bonds is 6. The van der Waals surface area contributed by atoms with Gasteiger partial charge in [0, 0.05) is 24.9 Å². The van der Waals surface area contributed by atoms with E-state index >= 15 is 0 Å². The van der Waals surface area contributed by atoms with E-state index in [4.69, 9.17) is 4.74 Å². The average Bonchev–Trinajstić information content (AvgIpc) is 2.93. The molecule has 1 aromatic carbocycles. The van der Waals surface area contributed by atoms with E-state index in [1.165, 1.54) is 32.3 Å². The van der Waals surface area contributed by atoms with Crippen LogP contribution in [0.5, 0.6) is 5.75 Å². The van der Waals surface area contributed by atoms with Crippen molar-refractivity contribution in [1.29, 1.82) is 0 Å². The summed E-state index contributed by atoms with van der Waals surface area (Å²) in [7, 11) is 1.49. The van der Waals surface area contributed by atoms with Gasteiger partial charge in [-0.15, -0.1) is 11.3 Å². The Bertz CT molecular complexity index is 803. The average molecular weight is 362 g/mol. The van der Waals surface area contributed by atoms with Crippen molar-refractivity contribution in [3.63, 3.8) is 0 Å². The van der Waals surface area contributed by atoms with Gasteiger partial charge in [0.05, 0.1) is 24.9 Å². The monoisotopic (exact) mass is 362 g/mol. The van der Waals surface area contributed by atoms with E-state index in [0.717, 1.165) is 0 Å². The number of nitrogens with one attached hydrogen (secondary N) is 3. The zero-order chi connectivity index (χ0) is 18.4. The fraction of sp³-hybridized carbons (Fsp3) is 0.250. The Morgan fingerprint density at radius 1 is 1.12 bits per heavy atom. The number of methoxy groups -OCH3 is 1. The van der Waals surface area contributed by atoms with Crippen LogP contribution in [-0.2, 0) is 20.8 Å². The van der Waals surface area contributed by atoms with Gasteiger partial charge in [-0.3, -0.25) is 14.4 Å². The molecular weight excluding hydrogens is 344 g/mol. The molecule has 2 aromatic rings. The van der Waals surface area contributed by atoms with E-state index in [1.807, 2.05) is 0 Å². The summed E-state index contributed by atoms with van der Waals surface area (Å²) in [5.41, 5.74) is 1.53. The standard InChI is InChI=1S/C16H18N4O4S/c1-9(21)17-11-4-5-14(24-3)13(6-11)20-15(23)7-12-8-25-16(19-12)18-10(2)22/h4-6,8H,7H2,1-3H3,(H,17,21)(H,20,23)(H,18,19,22). The molecule has 0 aliphatic heterocycles. The quantitative estimate of drug-likeness (QED) is 0.730. The zero-order valence-corrected chi connectivity index (χ0v) is 14.8. The predicted molar refractivity (Wildman–Crippen MR) is 96.0 cm³/mol. The first-order chi connectivity index (χ1) is 11.9. The molecule has 1 heterocycles. The first kappa shape index (κ1) is 18.4. The Labute approximate surface area is 148 Å². The van der Waals surface area contributed by atoms with Crippen LogP contribution in [0.4, 0.5) is 16.5 Å². The summed E-state index contributed by atoms with van der Waals surface area (Å²) in [6.45, 7) is 2.79. The molecule has 9 heteroatoms. The molecule has 0 unspecified atom stereocenters. The van der Waals surface area contributed by atoms with Crippen LogP contribution in [0.2, 0.25) is 0 Å². The summed E-state index contributed by atoms with van der Waals surface area (Å²) in [4.78, 5) is 38.6. The van der Waals surface area contributed by atoms with Crippen LogP contribution < -0.4 is 20.7 Å². The van der Waals surface area contributed by atoms with Crippen LogP contribution in [0.3, 0.4) is 0 Å². The third-order valence-corrected chi connectivity index (χ3v) is 3.78. The number of thiazole rings is 1. The molecule has 3 N–H and O–H groups in total. The number of benzene rings is 1. The second-order valence-corrected chi connectivity index (χ2v) is 6.00.